The number of amides is 1. The van der Waals surface area contributed by atoms with Gasteiger partial charge in [0.1, 0.15) is 0 Å². The Morgan fingerprint density at radius 2 is 1.72 bits per heavy atom. The summed E-state index contributed by atoms with van der Waals surface area (Å²) in [6.45, 7) is 0.643. The second-order valence-electron chi connectivity index (χ2n) is 6.54. The molecule has 0 radical (unpaired) electrons. The molecule has 4 nitrogen and oxygen atoms in total. The van der Waals surface area contributed by atoms with Crippen LogP contribution in [0.4, 0.5) is 0 Å². The topological polar surface area (TPSA) is 57.6 Å². The Bertz CT molecular complexity index is 742. The van der Waals surface area contributed by atoms with Gasteiger partial charge in [0.05, 0.1) is 6.42 Å². The summed E-state index contributed by atoms with van der Waals surface area (Å²) in [7, 11) is 0. The summed E-state index contributed by atoms with van der Waals surface area (Å²) in [5.41, 5.74) is 2.97. The predicted octanol–water partition coefficient (Wildman–Crippen LogP) is 3.55. The van der Waals surface area contributed by atoms with Crippen LogP contribution < -0.4 is 0 Å². The first-order valence-corrected chi connectivity index (χ1v) is 8.80. The predicted molar refractivity (Wildman–Crippen MR) is 96.6 cm³/mol. The minimum Gasteiger partial charge on any atom is -0.481 e. The van der Waals surface area contributed by atoms with Crippen molar-refractivity contribution in [2.24, 2.45) is 0 Å². The lowest BCUT2D eigenvalue weighted by Gasteiger charge is -2.24. The van der Waals surface area contributed by atoms with Crippen molar-refractivity contribution in [3.8, 4) is 0 Å². The Labute approximate surface area is 148 Å². The van der Waals surface area contributed by atoms with E-state index in [1.807, 2.05) is 42.5 Å². The highest BCUT2D eigenvalue weighted by atomic mass is 16.4. The summed E-state index contributed by atoms with van der Waals surface area (Å²) in [5.74, 6) is -0.880. The SMILES string of the molecule is O=C(O)CC1CCCN1C(=O)c1ccccc1CCc1ccccc1. The molecule has 25 heavy (non-hydrogen) atoms. The van der Waals surface area contributed by atoms with Gasteiger partial charge in [0, 0.05) is 18.2 Å². The van der Waals surface area contributed by atoms with E-state index in [2.05, 4.69) is 12.1 Å². The number of aliphatic carboxylic acids is 1. The molecule has 1 saturated heterocycles. The van der Waals surface area contributed by atoms with Gasteiger partial charge in [0.2, 0.25) is 0 Å². The number of likely N-dealkylation sites (tertiary alicyclic amines) is 1. The van der Waals surface area contributed by atoms with Gasteiger partial charge < -0.3 is 10.0 Å². The summed E-state index contributed by atoms with van der Waals surface area (Å²) in [6, 6.07) is 17.7. The molecule has 1 aliphatic rings. The zero-order valence-electron chi connectivity index (χ0n) is 14.2. The van der Waals surface area contributed by atoms with Crippen molar-refractivity contribution in [1.82, 2.24) is 4.90 Å². The van der Waals surface area contributed by atoms with Gasteiger partial charge in [-0.15, -0.1) is 0 Å². The molecule has 0 saturated carbocycles. The highest BCUT2D eigenvalue weighted by Crippen LogP contribution is 2.24. The Morgan fingerprint density at radius 1 is 1.00 bits per heavy atom. The van der Waals surface area contributed by atoms with Crippen molar-refractivity contribution in [2.75, 3.05) is 6.54 Å². The van der Waals surface area contributed by atoms with Crippen LogP contribution in [0.25, 0.3) is 0 Å². The third-order valence-corrected chi connectivity index (χ3v) is 4.82. The lowest BCUT2D eigenvalue weighted by Crippen LogP contribution is -2.37. The van der Waals surface area contributed by atoms with Crippen LogP contribution in [0.2, 0.25) is 0 Å². The molecule has 0 aromatic heterocycles. The number of hydrogen-bond acceptors (Lipinski definition) is 2. The molecule has 130 valence electrons. The zero-order chi connectivity index (χ0) is 17.6. The van der Waals surface area contributed by atoms with Crippen LogP contribution >= 0.6 is 0 Å². The quantitative estimate of drug-likeness (QED) is 0.877. The van der Waals surface area contributed by atoms with E-state index < -0.39 is 5.97 Å². The molecular weight excluding hydrogens is 314 g/mol. The van der Waals surface area contributed by atoms with Gasteiger partial charge in [-0.05, 0) is 42.9 Å². The number of benzene rings is 2. The molecule has 3 rings (SSSR count). The maximum absolute atomic E-state index is 13.0. The molecule has 1 amide bonds. The van der Waals surface area contributed by atoms with Crippen molar-refractivity contribution >= 4 is 11.9 Å². The molecule has 1 N–H and O–H groups in total. The standard InChI is InChI=1S/C21H23NO3/c23-20(24)15-18-10-6-14-22(18)21(25)19-11-5-4-9-17(19)13-12-16-7-2-1-3-8-16/h1-5,7-9,11,18H,6,10,12-15H2,(H,23,24). The fourth-order valence-corrected chi connectivity index (χ4v) is 3.54. The second-order valence-corrected chi connectivity index (χ2v) is 6.54. The van der Waals surface area contributed by atoms with E-state index in [1.54, 1.807) is 4.90 Å². The molecule has 2 aromatic carbocycles. The first kappa shape index (κ1) is 17.2. The average Bonchev–Trinajstić information content (AvgIpc) is 3.08. The third kappa shape index (κ3) is 4.27. The Morgan fingerprint density at radius 3 is 2.48 bits per heavy atom. The Kier molecular flexibility index (Phi) is 5.49. The summed E-state index contributed by atoms with van der Waals surface area (Å²) in [6.07, 6.45) is 3.34. The lowest BCUT2D eigenvalue weighted by atomic mass is 9.98. The maximum Gasteiger partial charge on any atom is 0.305 e. The van der Waals surface area contributed by atoms with Gasteiger partial charge in [0.15, 0.2) is 0 Å². The Hall–Kier alpha value is -2.62. The Balaban J connectivity index is 1.75. The maximum atomic E-state index is 13.0. The first-order chi connectivity index (χ1) is 12.1. The molecule has 1 atom stereocenters. The molecule has 0 aliphatic carbocycles. The number of carboxylic acids is 1. The van der Waals surface area contributed by atoms with E-state index in [0.29, 0.717) is 12.1 Å². The highest BCUT2D eigenvalue weighted by molar-refractivity contribution is 5.96. The number of carboxylic acid groups (broad SMARTS) is 1. The minimum absolute atomic E-state index is 0.0257. The number of rotatable bonds is 6. The first-order valence-electron chi connectivity index (χ1n) is 8.80. The van der Waals surface area contributed by atoms with E-state index in [1.165, 1.54) is 5.56 Å². The van der Waals surface area contributed by atoms with Gasteiger partial charge >= 0.3 is 5.97 Å². The highest BCUT2D eigenvalue weighted by Gasteiger charge is 2.31. The average molecular weight is 337 g/mol. The third-order valence-electron chi connectivity index (χ3n) is 4.82. The number of aryl methyl sites for hydroxylation is 2. The molecule has 1 heterocycles. The van der Waals surface area contributed by atoms with E-state index >= 15 is 0 Å². The summed E-state index contributed by atoms with van der Waals surface area (Å²) in [5, 5.41) is 9.07. The van der Waals surface area contributed by atoms with Crippen LogP contribution in [-0.2, 0) is 17.6 Å². The molecule has 1 fully saturated rings. The minimum atomic E-state index is -0.845. The molecular formula is C21H23NO3. The molecule has 0 spiro atoms. The summed E-state index contributed by atoms with van der Waals surface area (Å²) < 4.78 is 0. The zero-order valence-corrected chi connectivity index (χ0v) is 14.2. The molecule has 2 aromatic rings. The molecule has 1 aliphatic heterocycles. The van der Waals surface area contributed by atoms with Crippen LogP contribution in [0.1, 0.15) is 40.7 Å². The van der Waals surface area contributed by atoms with Crippen molar-refractivity contribution in [3.05, 3.63) is 71.3 Å². The molecule has 0 bridgehead atoms. The normalized spacial score (nSPS) is 16.8. The van der Waals surface area contributed by atoms with Crippen LogP contribution in [-0.4, -0.2) is 34.5 Å². The van der Waals surface area contributed by atoms with Gasteiger partial charge in [-0.1, -0.05) is 48.5 Å². The summed E-state index contributed by atoms with van der Waals surface area (Å²) >= 11 is 0. The molecule has 1 unspecified atom stereocenters. The van der Waals surface area contributed by atoms with E-state index in [0.717, 1.165) is 31.2 Å². The van der Waals surface area contributed by atoms with Crippen molar-refractivity contribution in [3.63, 3.8) is 0 Å². The van der Waals surface area contributed by atoms with Gasteiger partial charge in [-0.25, -0.2) is 0 Å². The number of carbonyl (C=O) groups excluding carboxylic acids is 1. The number of carbonyl (C=O) groups is 2. The summed E-state index contributed by atoms with van der Waals surface area (Å²) in [4.78, 5) is 25.8. The van der Waals surface area contributed by atoms with E-state index in [9.17, 15) is 9.59 Å². The van der Waals surface area contributed by atoms with Crippen molar-refractivity contribution < 1.29 is 14.7 Å². The second kappa shape index (κ2) is 7.97. The largest absolute Gasteiger partial charge is 0.481 e. The molecule has 4 heteroatoms. The van der Waals surface area contributed by atoms with Crippen LogP contribution in [0.3, 0.4) is 0 Å². The van der Waals surface area contributed by atoms with Gasteiger partial charge in [-0.2, -0.15) is 0 Å². The van der Waals surface area contributed by atoms with E-state index in [4.69, 9.17) is 5.11 Å². The van der Waals surface area contributed by atoms with Crippen LogP contribution in [0, 0.1) is 0 Å². The van der Waals surface area contributed by atoms with Crippen molar-refractivity contribution in [2.45, 2.75) is 38.1 Å². The van der Waals surface area contributed by atoms with Gasteiger partial charge in [-0.3, -0.25) is 9.59 Å². The van der Waals surface area contributed by atoms with E-state index in [-0.39, 0.29) is 18.4 Å². The number of nitrogens with zero attached hydrogens (tertiary/aromatic N) is 1. The fourth-order valence-electron chi connectivity index (χ4n) is 3.54. The van der Waals surface area contributed by atoms with Crippen molar-refractivity contribution in [1.29, 1.82) is 0 Å². The monoisotopic (exact) mass is 337 g/mol. The van der Waals surface area contributed by atoms with Gasteiger partial charge in [0.25, 0.3) is 5.91 Å². The smallest absolute Gasteiger partial charge is 0.305 e. The lowest BCUT2D eigenvalue weighted by molar-refractivity contribution is -0.137. The van der Waals surface area contributed by atoms with Crippen LogP contribution in [0.5, 0.6) is 0 Å². The fraction of sp³-hybridized carbons (Fsp3) is 0.333. The van der Waals surface area contributed by atoms with Crippen LogP contribution in [0.15, 0.2) is 54.6 Å². The number of hydrogen-bond donors (Lipinski definition) is 1.